The standard InChI is InChI=1S/C3H4O3.C2H4/c1-2(4)3(5)6;1-2/h1H3,(H,5,6);1-2H2/i;1H. The molecule has 8 heavy (non-hydrogen) atoms. The minimum Gasteiger partial charge on any atom is -0.476 e. The summed E-state index contributed by atoms with van der Waals surface area (Å²) in [7, 11) is 0. The molecular weight excluding hydrogens is 108 g/mol. The molecule has 0 aromatic heterocycles. The van der Waals surface area contributed by atoms with Gasteiger partial charge in [-0.1, -0.05) is 0 Å². The van der Waals surface area contributed by atoms with Gasteiger partial charge in [0.05, 0.1) is 1.37 Å². The molecule has 0 aliphatic rings. The molecular formula is C5H8O3. The molecule has 3 heteroatoms. The second-order valence-electron chi connectivity index (χ2n) is 0.861. The number of hydrogen-bond acceptors (Lipinski definition) is 2. The Bertz CT molecular complexity index is 107. The van der Waals surface area contributed by atoms with Crippen LogP contribution < -0.4 is 0 Å². The van der Waals surface area contributed by atoms with E-state index in [4.69, 9.17) is 6.48 Å². The van der Waals surface area contributed by atoms with E-state index in [2.05, 4.69) is 6.58 Å². The van der Waals surface area contributed by atoms with Crippen molar-refractivity contribution >= 4 is 11.8 Å². The van der Waals surface area contributed by atoms with Gasteiger partial charge in [0.2, 0.25) is 5.78 Å². The van der Waals surface area contributed by atoms with Crippen molar-refractivity contribution in [3.05, 3.63) is 13.1 Å². The lowest BCUT2D eigenvalue weighted by Crippen LogP contribution is -2.05. The summed E-state index contributed by atoms with van der Waals surface area (Å²) in [5, 5.41) is 7.64. The number of carboxylic acid groups (broad SMARTS) is 1. The Morgan fingerprint density at radius 1 is 1.75 bits per heavy atom. The first-order valence-corrected chi connectivity index (χ1v) is 1.79. The number of carboxylic acids is 1. The molecule has 0 heterocycles. The van der Waals surface area contributed by atoms with Crippen molar-refractivity contribution in [1.82, 2.24) is 0 Å². The van der Waals surface area contributed by atoms with E-state index < -0.39 is 11.8 Å². The highest BCUT2D eigenvalue weighted by molar-refractivity contribution is 6.31. The highest BCUT2D eigenvalue weighted by Gasteiger charge is 1.98. The summed E-state index contributed by atoms with van der Waals surface area (Å²) in [5.41, 5.74) is 0. The van der Waals surface area contributed by atoms with E-state index in [1.165, 1.54) is 0 Å². The topological polar surface area (TPSA) is 54.4 Å². The zero-order chi connectivity index (χ0) is 7.86. The summed E-state index contributed by atoms with van der Waals surface area (Å²) < 4.78 is 5.97. The van der Waals surface area contributed by atoms with Crippen molar-refractivity contribution in [3.8, 4) is 0 Å². The van der Waals surface area contributed by atoms with Gasteiger partial charge in [-0.25, -0.2) is 4.79 Å². The lowest BCUT2D eigenvalue weighted by Gasteiger charge is -1.73. The molecule has 0 saturated heterocycles. The van der Waals surface area contributed by atoms with Crippen LogP contribution in [0.5, 0.6) is 0 Å². The SMILES string of the molecule is CC(=O)C(=O)O.[1H]C=C. The molecule has 0 unspecified atom stereocenters. The van der Waals surface area contributed by atoms with Gasteiger partial charge in [-0.2, -0.15) is 0 Å². The summed E-state index contributed by atoms with van der Waals surface area (Å²) in [6.07, 6.45) is 0. The number of aliphatic carboxylic acids is 1. The molecule has 0 aromatic carbocycles. The molecule has 0 spiro atoms. The van der Waals surface area contributed by atoms with Crippen LogP contribution in [0, 0.1) is 0 Å². The van der Waals surface area contributed by atoms with Crippen LogP contribution in [-0.2, 0) is 9.59 Å². The smallest absolute Gasteiger partial charge is 0.371 e. The lowest BCUT2D eigenvalue weighted by molar-refractivity contribution is -0.148. The van der Waals surface area contributed by atoms with Gasteiger partial charge in [-0.05, 0) is 0 Å². The average Bonchev–Trinajstić information content (AvgIpc) is 1.68. The normalized spacial score (nSPS) is 7.38. The second-order valence-corrected chi connectivity index (χ2v) is 0.861. The van der Waals surface area contributed by atoms with E-state index in [0.717, 1.165) is 13.5 Å². The molecule has 3 nitrogen and oxygen atoms in total. The fourth-order valence-corrected chi connectivity index (χ4v) is 0. The van der Waals surface area contributed by atoms with Gasteiger partial charge in [0, 0.05) is 6.92 Å². The number of carbonyl (C=O) groups excluding carboxylic acids is 1. The third kappa shape index (κ3) is 8.86. The molecule has 0 atom stereocenters. The van der Waals surface area contributed by atoms with Crippen molar-refractivity contribution < 1.29 is 16.1 Å². The van der Waals surface area contributed by atoms with E-state index in [9.17, 15) is 9.59 Å². The second kappa shape index (κ2) is 5.88. The molecule has 0 aromatic rings. The predicted octanol–water partition coefficient (Wildman–Crippen LogP) is 0.462. The predicted molar refractivity (Wildman–Crippen MR) is 29.6 cm³/mol. The minimum atomic E-state index is -1.38. The molecule has 0 aliphatic carbocycles. The zero-order valence-corrected chi connectivity index (χ0v) is 4.55. The van der Waals surface area contributed by atoms with E-state index in [0.29, 0.717) is 0 Å². The van der Waals surface area contributed by atoms with Crippen molar-refractivity contribution in [3.63, 3.8) is 0 Å². The van der Waals surface area contributed by atoms with Crippen LogP contribution in [-0.4, -0.2) is 16.9 Å². The van der Waals surface area contributed by atoms with Crippen LogP contribution in [0.25, 0.3) is 0 Å². The summed E-state index contributed by atoms with van der Waals surface area (Å²) in [6.45, 7) is 5.03. The van der Waals surface area contributed by atoms with Crippen LogP contribution in [0.15, 0.2) is 13.1 Å². The number of ketones is 1. The Morgan fingerprint density at radius 2 is 1.88 bits per heavy atom. The molecule has 0 saturated carbocycles. The monoisotopic (exact) mass is 116 g/mol. The Labute approximate surface area is 49.0 Å². The third-order valence-corrected chi connectivity index (χ3v) is 0.301. The molecule has 0 bridgehead atoms. The van der Waals surface area contributed by atoms with Gasteiger partial charge in [0.1, 0.15) is 0 Å². The van der Waals surface area contributed by atoms with Crippen molar-refractivity contribution in [2.75, 3.05) is 0 Å². The summed E-state index contributed by atoms with van der Waals surface area (Å²) in [6, 6.07) is 0. The number of carbonyl (C=O) groups is 2. The maximum Gasteiger partial charge on any atom is 0.371 e. The quantitative estimate of drug-likeness (QED) is 0.400. The average molecular weight is 116 g/mol. The van der Waals surface area contributed by atoms with Crippen LogP contribution in [0.2, 0.25) is 0 Å². The first-order chi connectivity index (χ1) is 4.06. The summed E-state index contributed by atoms with van der Waals surface area (Å²) in [5.74, 6) is -2.20. The summed E-state index contributed by atoms with van der Waals surface area (Å²) in [4.78, 5) is 18.9. The Kier molecular flexibility index (Phi) is 5.06. The molecule has 0 fully saturated rings. The maximum atomic E-state index is 9.54. The molecule has 46 valence electrons. The maximum absolute atomic E-state index is 9.54. The fraction of sp³-hybridized carbons (Fsp3) is 0.200. The molecule has 0 amide bonds. The van der Waals surface area contributed by atoms with Gasteiger partial charge in [0.25, 0.3) is 0 Å². The third-order valence-electron chi connectivity index (χ3n) is 0.301. The fourth-order valence-electron chi connectivity index (χ4n) is 0. The first-order valence-electron chi connectivity index (χ1n) is 2.37. The lowest BCUT2D eigenvalue weighted by atomic mass is 10.5. The Morgan fingerprint density at radius 3 is 1.88 bits per heavy atom. The number of Topliss-reactive ketones (excluding diaryl/α,β-unsaturated/α-hetero) is 1. The van der Waals surface area contributed by atoms with Crippen LogP contribution >= 0.6 is 0 Å². The minimum absolute atomic E-state index is 0.824. The van der Waals surface area contributed by atoms with Crippen LogP contribution in [0.1, 0.15) is 8.29 Å². The van der Waals surface area contributed by atoms with E-state index >= 15 is 0 Å². The van der Waals surface area contributed by atoms with E-state index in [1.54, 1.807) is 0 Å². The van der Waals surface area contributed by atoms with Gasteiger partial charge < -0.3 is 5.11 Å². The first kappa shape index (κ1) is 6.88. The Balaban J connectivity index is 0. The van der Waals surface area contributed by atoms with Crippen molar-refractivity contribution in [1.29, 1.82) is 0 Å². The van der Waals surface area contributed by atoms with Crippen LogP contribution in [0.3, 0.4) is 0 Å². The van der Waals surface area contributed by atoms with Gasteiger partial charge in [-0.3, -0.25) is 4.79 Å². The van der Waals surface area contributed by atoms with Crippen LogP contribution in [0.4, 0.5) is 0 Å². The van der Waals surface area contributed by atoms with Gasteiger partial charge >= 0.3 is 5.97 Å². The largest absolute Gasteiger partial charge is 0.476 e. The highest BCUT2D eigenvalue weighted by Crippen LogP contribution is 1.61. The molecule has 1 N–H and O–H groups in total. The van der Waals surface area contributed by atoms with E-state index in [-0.39, 0.29) is 0 Å². The Hall–Kier alpha value is -1.12. The molecule has 0 aliphatic heterocycles. The zero-order valence-electron chi connectivity index (χ0n) is 5.55. The molecule has 0 radical (unpaired) electrons. The summed E-state index contributed by atoms with van der Waals surface area (Å²) >= 11 is 0. The van der Waals surface area contributed by atoms with Gasteiger partial charge in [-0.15, -0.1) is 13.1 Å². The van der Waals surface area contributed by atoms with Crippen molar-refractivity contribution in [2.45, 2.75) is 6.92 Å². The number of rotatable bonds is 1. The molecule has 0 rings (SSSR count). The highest BCUT2D eigenvalue weighted by atomic mass is 16.4. The number of hydrogen-bond donors (Lipinski definition) is 1. The van der Waals surface area contributed by atoms with Gasteiger partial charge in [0.15, 0.2) is 0 Å². The van der Waals surface area contributed by atoms with E-state index in [1.807, 2.05) is 0 Å². The van der Waals surface area contributed by atoms with Crippen molar-refractivity contribution in [2.24, 2.45) is 0 Å².